The van der Waals surface area contributed by atoms with Crippen LogP contribution < -0.4 is 4.74 Å². The summed E-state index contributed by atoms with van der Waals surface area (Å²) in [6.07, 6.45) is 6.04. The summed E-state index contributed by atoms with van der Waals surface area (Å²) in [6, 6.07) is 3.69. The third-order valence-corrected chi connectivity index (χ3v) is 2.91. The molecule has 4 heteroatoms. The van der Waals surface area contributed by atoms with Crippen molar-refractivity contribution in [1.82, 2.24) is 4.98 Å². The number of ether oxygens (including phenoxy) is 2. The Morgan fingerprint density at radius 1 is 1.41 bits per heavy atom. The van der Waals surface area contributed by atoms with Gasteiger partial charge in [-0.15, -0.1) is 0 Å². The molecule has 1 heterocycles. The van der Waals surface area contributed by atoms with E-state index in [1.54, 1.807) is 12.4 Å². The van der Waals surface area contributed by atoms with E-state index in [-0.39, 0.29) is 12.1 Å². The number of hydrogen-bond acceptors (Lipinski definition) is 4. The second-order valence-electron chi connectivity index (χ2n) is 4.27. The zero-order chi connectivity index (χ0) is 12.1. The van der Waals surface area contributed by atoms with Crippen molar-refractivity contribution in [2.24, 2.45) is 5.92 Å². The molecule has 0 bridgehead atoms. The molecule has 0 aromatic carbocycles. The quantitative estimate of drug-likeness (QED) is 0.734. The predicted molar refractivity (Wildman–Crippen MR) is 62.6 cm³/mol. The Balaban J connectivity index is 1.67. The normalized spacial score (nSPS) is 22.6. The molecule has 1 aromatic heterocycles. The van der Waals surface area contributed by atoms with E-state index in [1.807, 2.05) is 19.1 Å². The van der Waals surface area contributed by atoms with Crippen LogP contribution in [-0.2, 0) is 9.53 Å². The van der Waals surface area contributed by atoms with Crippen LogP contribution in [0.3, 0.4) is 0 Å². The summed E-state index contributed by atoms with van der Waals surface area (Å²) < 4.78 is 10.6. The number of carbonyl (C=O) groups excluding carboxylic acids is 1. The molecule has 0 saturated heterocycles. The molecule has 0 amide bonds. The second kappa shape index (κ2) is 5.66. The van der Waals surface area contributed by atoms with E-state index < -0.39 is 0 Å². The van der Waals surface area contributed by atoms with E-state index in [1.165, 1.54) is 0 Å². The third-order valence-electron chi connectivity index (χ3n) is 2.91. The van der Waals surface area contributed by atoms with Crippen LogP contribution in [0.1, 0.15) is 26.2 Å². The molecule has 0 N–H and O–H groups in total. The zero-order valence-corrected chi connectivity index (χ0v) is 9.96. The average molecular weight is 235 g/mol. The van der Waals surface area contributed by atoms with E-state index in [9.17, 15) is 4.79 Å². The molecule has 0 atom stereocenters. The minimum absolute atomic E-state index is 0.0974. The van der Waals surface area contributed by atoms with Crippen LogP contribution in [-0.4, -0.2) is 23.7 Å². The number of hydrogen-bond donors (Lipinski definition) is 0. The number of pyridine rings is 1. The molecule has 0 radical (unpaired) electrons. The van der Waals surface area contributed by atoms with Crippen LogP contribution in [0.25, 0.3) is 0 Å². The first kappa shape index (κ1) is 11.9. The molecule has 1 aliphatic rings. The molecule has 17 heavy (non-hydrogen) atoms. The summed E-state index contributed by atoms with van der Waals surface area (Å²) in [5, 5.41) is 0. The van der Waals surface area contributed by atoms with Gasteiger partial charge in [-0.1, -0.05) is 0 Å². The van der Waals surface area contributed by atoms with E-state index in [2.05, 4.69) is 4.98 Å². The molecule has 0 unspecified atom stereocenters. The van der Waals surface area contributed by atoms with Crippen molar-refractivity contribution in [1.29, 1.82) is 0 Å². The van der Waals surface area contributed by atoms with E-state index in [0.29, 0.717) is 18.9 Å². The first-order valence-electron chi connectivity index (χ1n) is 6.00. The molecule has 0 aliphatic heterocycles. The maximum absolute atomic E-state index is 11.2. The lowest BCUT2D eigenvalue weighted by Crippen LogP contribution is -2.35. The Labute approximate surface area is 101 Å². The predicted octanol–water partition coefficient (Wildman–Crippen LogP) is 2.19. The van der Waals surface area contributed by atoms with Crippen LogP contribution in [0.4, 0.5) is 0 Å². The van der Waals surface area contributed by atoms with Crippen molar-refractivity contribution in [3.63, 3.8) is 0 Å². The van der Waals surface area contributed by atoms with Crippen LogP contribution in [0, 0.1) is 5.92 Å². The summed E-state index contributed by atoms with van der Waals surface area (Å²) in [6.45, 7) is 2.29. The van der Waals surface area contributed by atoms with Gasteiger partial charge in [0.2, 0.25) is 0 Å². The minimum Gasteiger partial charge on any atom is -0.490 e. The van der Waals surface area contributed by atoms with E-state index in [0.717, 1.165) is 18.6 Å². The van der Waals surface area contributed by atoms with Crippen molar-refractivity contribution in [3.05, 3.63) is 24.5 Å². The third kappa shape index (κ3) is 3.44. The van der Waals surface area contributed by atoms with Gasteiger partial charge in [0.1, 0.15) is 5.75 Å². The fraction of sp³-hybridized carbons (Fsp3) is 0.538. The molecule has 0 spiro atoms. The van der Waals surface area contributed by atoms with E-state index in [4.69, 9.17) is 9.47 Å². The summed E-state index contributed by atoms with van der Waals surface area (Å²) in [5.74, 6) is 1.17. The van der Waals surface area contributed by atoms with Gasteiger partial charge in [0.05, 0.1) is 12.7 Å². The van der Waals surface area contributed by atoms with Crippen molar-refractivity contribution in [2.45, 2.75) is 32.3 Å². The largest absolute Gasteiger partial charge is 0.490 e. The summed E-state index contributed by atoms with van der Waals surface area (Å²) in [4.78, 5) is 15.2. The van der Waals surface area contributed by atoms with Crippen molar-refractivity contribution in [2.75, 3.05) is 6.61 Å². The molecule has 1 aliphatic carbocycles. The van der Waals surface area contributed by atoms with Crippen molar-refractivity contribution in [3.8, 4) is 5.75 Å². The average Bonchev–Trinajstić information content (AvgIpc) is 2.28. The Hall–Kier alpha value is -1.58. The van der Waals surface area contributed by atoms with E-state index >= 15 is 0 Å². The number of esters is 1. The summed E-state index contributed by atoms with van der Waals surface area (Å²) in [5.41, 5.74) is 0. The lowest BCUT2D eigenvalue weighted by molar-refractivity contribution is -0.145. The first-order chi connectivity index (χ1) is 8.28. The maximum Gasteiger partial charge on any atom is 0.306 e. The lowest BCUT2D eigenvalue weighted by Gasteiger charge is -2.34. The highest BCUT2D eigenvalue weighted by atomic mass is 16.5. The van der Waals surface area contributed by atoms with Crippen LogP contribution in [0.2, 0.25) is 0 Å². The highest BCUT2D eigenvalue weighted by Gasteiger charge is 2.32. The van der Waals surface area contributed by atoms with Crippen LogP contribution in [0.15, 0.2) is 24.5 Å². The Morgan fingerprint density at radius 2 is 2.12 bits per heavy atom. The van der Waals surface area contributed by atoms with Crippen molar-refractivity contribution < 1.29 is 14.3 Å². The van der Waals surface area contributed by atoms with Gasteiger partial charge >= 0.3 is 5.97 Å². The smallest absolute Gasteiger partial charge is 0.306 e. The summed E-state index contributed by atoms with van der Waals surface area (Å²) >= 11 is 0. The molecule has 1 saturated carbocycles. The second-order valence-corrected chi connectivity index (χ2v) is 4.27. The molecule has 2 rings (SSSR count). The zero-order valence-electron chi connectivity index (χ0n) is 9.96. The lowest BCUT2D eigenvalue weighted by atomic mass is 9.80. The Morgan fingerprint density at radius 3 is 2.76 bits per heavy atom. The van der Waals surface area contributed by atoms with Gasteiger partial charge < -0.3 is 9.47 Å². The Bertz CT molecular complexity index is 360. The molecular weight excluding hydrogens is 218 g/mol. The number of carbonyl (C=O) groups is 1. The molecule has 4 nitrogen and oxygen atoms in total. The fourth-order valence-electron chi connectivity index (χ4n) is 2.00. The molecule has 1 aromatic rings. The number of aromatic nitrogens is 1. The van der Waals surface area contributed by atoms with Gasteiger partial charge in [-0.2, -0.15) is 0 Å². The van der Waals surface area contributed by atoms with Gasteiger partial charge in [-0.3, -0.25) is 9.78 Å². The van der Waals surface area contributed by atoms with Gasteiger partial charge in [-0.05, 0) is 37.8 Å². The SMILES string of the molecule is CCOC(=O)CC1CC(Oc2ccncc2)C1. The van der Waals surface area contributed by atoms with Gasteiger partial charge in [0.15, 0.2) is 0 Å². The highest BCUT2D eigenvalue weighted by molar-refractivity contribution is 5.69. The van der Waals surface area contributed by atoms with Gasteiger partial charge in [-0.25, -0.2) is 0 Å². The monoisotopic (exact) mass is 235 g/mol. The van der Waals surface area contributed by atoms with Crippen LogP contribution >= 0.6 is 0 Å². The Kier molecular flexibility index (Phi) is 3.96. The standard InChI is InChI=1S/C13H17NO3/c1-2-16-13(15)9-10-7-12(8-10)17-11-3-5-14-6-4-11/h3-6,10,12H,2,7-9H2,1H3. The highest BCUT2D eigenvalue weighted by Crippen LogP contribution is 2.33. The van der Waals surface area contributed by atoms with Crippen LogP contribution in [0.5, 0.6) is 5.75 Å². The summed E-state index contributed by atoms with van der Waals surface area (Å²) in [7, 11) is 0. The van der Waals surface area contributed by atoms with Gasteiger partial charge in [0, 0.05) is 18.8 Å². The minimum atomic E-state index is -0.0974. The first-order valence-corrected chi connectivity index (χ1v) is 6.00. The molecule has 92 valence electrons. The number of rotatable bonds is 5. The fourth-order valence-corrected chi connectivity index (χ4v) is 2.00. The number of nitrogens with zero attached hydrogens (tertiary/aromatic N) is 1. The molecule has 1 fully saturated rings. The van der Waals surface area contributed by atoms with Crippen molar-refractivity contribution >= 4 is 5.97 Å². The maximum atomic E-state index is 11.2. The topological polar surface area (TPSA) is 48.4 Å². The molecular formula is C13H17NO3. The van der Waals surface area contributed by atoms with Gasteiger partial charge in [0.25, 0.3) is 0 Å².